The van der Waals surface area contributed by atoms with Gasteiger partial charge in [0.15, 0.2) is 17.5 Å². The van der Waals surface area contributed by atoms with Crippen LogP contribution in [0.1, 0.15) is 22.3 Å². The van der Waals surface area contributed by atoms with Crippen molar-refractivity contribution >= 4 is 21.9 Å². The second-order valence-corrected chi connectivity index (χ2v) is 13.1. The predicted octanol–water partition coefficient (Wildman–Crippen LogP) is 11.1. The zero-order chi connectivity index (χ0) is 32.8. The zero-order valence-electron chi connectivity index (χ0n) is 26.8. The number of nitrogens with zero attached hydrogens (tertiary/aromatic N) is 3. The van der Waals surface area contributed by atoms with E-state index in [1.165, 1.54) is 44.5 Å². The summed E-state index contributed by atoms with van der Waals surface area (Å²) in [7, 11) is 0. The van der Waals surface area contributed by atoms with Crippen molar-refractivity contribution in [3.05, 3.63) is 186 Å². The van der Waals surface area contributed by atoms with Gasteiger partial charge in [-0.1, -0.05) is 152 Å². The SMILES string of the molecule is c1ccc(-c2nc(-c3cccc4c3C3(c5ccccc5-c5ccccc53)c3ccccc3-4)nc(-c3cccc4c3oc3ccccc34)n2)cc1. The molecule has 2 aliphatic rings. The highest BCUT2D eigenvalue weighted by Crippen LogP contribution is 2.64. The monoisotopic (exact) mass is 637 g/mol. The number of rotatable bonds is 3. The Morgan fingerprint density at radius 3 is 1.56 bits per heavy atom. The first kappa shape index (κ1) is 27.3. The maximum Gasteiger partial charge on any atom is 0.167 e. The van der Waals surface area contributed by atoms with Crippen LogP contribution in [0.4, 0.5) is 0 Å². The van der Waals surface area contributed by atoms with Crippen LogP contribution in [-0.2, 0) is 5.41 Å². The fourth-order valence-electron chi connectivity index (χ4n) is 8.60. The van der Waals surface area contributed by atoms with Crippen LogP contribution in [0.5, 0.6) is 0 Å². The number of hydrogen-bond donors (Lipinski definition) is 0. The van der Waals surface area contributed by atoms with Crippen molar-refractivity contribution in [2.75, 3.05) is 0 Å². The van der Waals surface area contributed by atoms with Gasteiger partial charge in [-0.2, -0.15) is 0 Å². The van der Waals surface area contributed by atoms with Crippen molar-refractivity contribution in [2.45, 2.75) is 5.41 Å². The first-order valence-electron chi connectivity index (χ1n) is 17.0. The molecule has 0 saturated heterocycles. The van der Waals surface area contributed by atoms with Crippen LogP contribution in [-0.4, -0.2) is 15.0 Å². The number of hydrogen-bond acceptors (Lipinski definition) is 4. The summed E-state index contributed by atoms with van der Waals surface area (Å²) in [6.45, 7) is 0. The molecule has 4 nitrogen and oxygen atoms in total. The molecule has 0 N–H and O–H groups in total. The van der Waals surface area contributed by atoms with Crippen LogP contribution in [0.3, 0.4) is 0 Å². The molecule has 7 aromatic carbocycles. The van der Waals surface area contributed by atoms with Crippen molar-refractivity contribution in [3.63, 3.8) is 0 Å². The highest BCUT2D eigenvalue weighted by atomic mass is 16.3. The Bertz CT molecular complexity index is 2770. The lowest BCUT2D eigenvalue weighted by Crippen LogP contribution is -2.26. The number of benzene rings is 7. The van der Waals surface area contributed by atoms with E-state index >= 15 is 0 Å². The second-order valence-electron chi connectivity index (χ2n) is 13.1. The molecule has 0 radical (unpaired) electrons. The average Bonchev–Trinajstić information content (AvgIpc) is 3.82. The molecule has 0 aliphatic heterocycles. The van der Waals surface area contributed by atoms with Gasteiger partial charge in [-0.15, -0.1) is 0 Å². The fourth-order valence-corrected chi connectivity index (χ4v) is 8.60. The summed E-state index contributed by atoms with van der Waals surface area (Å²) in [6, 6.07) is 57.7. The van der Waals surface area contributed by atoms with E-state index in [0.29, 0.717) is 17.5 Å². The Balaban J connectivity index is 1.24. The van der Waals surface area contributed by atoms with E-state index < -0.39 is 5.41 Å². The highest BCUT2D eigenvalue weighted by Gasteiger charge is 2.52. The van der Waals surface area contributed by atoms with Crippen LogP contribution < -0.4 is 0 Å². The maximum atomic E-state index is 6.50. The third-order valence-corrected chi connectivity index (χ3v) is 10.6. The third kappa shape index (κ3) is 3.57. The minimum Gasteiger partial charge on any atom is -0.455 e. The molecular weight excluding hydrogens is 611 g/mol. The number of para-hydroxylation sites is 2. The van der Waals surface area contributed by atoms with Gasteiger partial charge in [-0.3, -0.25) is 0 Å². The smallest absolute Gasteiger partial charge is 0.167 e. The molecule has 0 atom stereocenters. The number of aromatic nitrogens is 3. The number of furan rings is 1. The largest absolute Gasteiger partial charge is 0.455 e. The van der Waals surface area contributed by atoms with Gasteiger partial charge < -0.3 is 4.42 Å². The average molecular weight is 638 g/mol. The molecule has 1 spiro atoms. The van der Waals surface area contributed by atoms with Crippen LogP contribution in [0, 0.1) is 0 Å². The molecule has 0 fully saturated rings. The van der Waals surface area contributed by atoms with Crippen LogP contribution in [0.15, 0.2) is 168 Å². The van der Waals surface area contributed by atoms with Gasteiger partial charge >= 0.3 is 0 Å². The van der Waals surface area contributed by atoms with Gasteiger partial charge in [0.1, 0.15) is 11.2 Å². The lowest BCUT2D eigenvalue weighted by molar-refractivity contribution is 0.669. The van der Waals surface area contributed by atoms with Gasteiger partial charge in [-0.05, 0) is 56.6 Å². The minimum atomic E-state index is -0.534. The van der Waals surface area contributed by atoms with E-state index in [1.807, 2.05) is 36.4 Å². The van der Waals surface area contributed by atoms with Gasteiger partial charge in [0.2, 0.25) is 0 Å². The molecule has 2 heterocycles. The van der Waals surface area contributed by atoms with E-state index in [-0.39, 0.29) is 0 Å². The van der Waals surface area contributed by atoms with Crippen molar-refractivity contribution in [3.8, 4) is 56.4 Å². The van der Waals surface area contributed by atoms with Gasteiger partial charge in [0.05, 0.1) is 11.0 Å². The van der Waals surface area contributed by atoms with Gasteiger partial charge in [0, 0.05) is 21.9 Å². The maximum absolute atomic E-state index is 6.50. The molecule has 0 bridgehead atoms. The summed E-state index contributed by atoms with van der Waals surface area (Å²) in [5.74, 6) is 1.83. The summed E-state index contributed by atoms with van der Waals surface area (Å²) in [6.07, 6.45) is 0. The number of fused-ring (bicyclic) bond motifs is 13. The molecule has 0 unspecified atom stereocenters. The summed E-state index contributed by atoms with van der Waals surface area (Å²) >= 11 is 0. The molecule has 232 valence electrons. The van der Waals surface area contributed by atoms with Gasteiger partial charge in [0.25, 0.3) is 0 Å². The van der Waals surface area contributed by atoms with Crippen LogP contribution >= 0.6 is 0 Å². The predicted molar refractivity (Wildman–Crippen MR) is 200 cm³/mol. The summed E-state index contributed by atoms with van der Waals surface area (Å²) in [5, 5.41) is 2.11. The quantitative estimate of drug-likeness (QED) is 0.193. The Kier molecular flexibility index (Phi) is 5.56. The molecule has 9 aromatic rings. The molecule has 11 rings (SSSR count). The Morgan fingerprint density at radius 1 is 0.360 bits per heavy atom. The van der Waals surface area contributed by atoms with E-state index in [0.717, 1.165) is 38.6 Å². The topological polar surface area (TPSA) is 51.8 Å². The summed E-state index contributed by atoms with van der Waals surface area (Å²) in [4.78, 5) is 15.8. The molecule has 2 aromatic heterocycles. The molecule has 0 saturated carbocycles. The normalized spacial score (nSPS) is 13.4. The Morgan fingerprint density at radius 2 is 0.840 bits per heavy atom. The second kappa shape index (κ2) is 10.2. The lowest BCUT2D eigenvalue weighted by Gasteiger charge is -2.31. The molecular formula is C46H27N3O. The third-order valence-electron chi connectivity index (χ3n) is 10.6. The van der Waals surface area contributed by atoms with Crippen molar-refractivity contribution < 1.29 is 4.42 Å². The molecule has 50 heavy (non-hydrogen) atoms. The first-order valence-corrected chi connectivity index (χ1v) is 17.0. The Hall–Kier alpha value is -6.65. The van der Waals surface area contributed by atoms with Crippen LogP contribution in [0.25, 0.3) is 78.4 Å². The van der Waals surface area contributed by atoms with Crippen molar-refractivity contribution in [1.82, 2.24) is 15.0 Å². The van der Waals surface area contributed by atoms with E-state index in [2.05, 4.69) is 127 Å². The zero-order valence-corrected chi connectivity index (χ0v) is 26.8. The van der Waals surface area contributed by atoms with E-state index in [1.54, 1.807) is 0 Å². The standard InChI is InChI=1S/C46H27N3O/c1-2-14-28(15-3-1)43-47-44(49-45(48-43)36-23-13-21-34-32-19-7-11-27-40(32)50-42(34)36)35-22-12-20-33-31-18-6-10-26-39(31)46(41(33)35)37-24-8-4-16-29(37)30-17-5-9-25-38(30)46/h1-27H. The lowest BCUT2D eigenvalue weighted by atomic mass is 9.69. The molecule has 2 aliphatic carbocycles. The summed E-state index contributed by atoms with van der Waals surface area (Å²) < 4.78 is 6.50. The van der Waals surface area contributed by atoms with Crippen molar-refractivity contribution in [2.24, 2.45) is 0 Å². The van der Waals surface area contributed by atoms with Crippen LogP contribution in [0.2, 0.25) is 0 Å². The van der Waals surface area contributed by atoms with Gasteiger partial charge in [-0.25, -0.2) is 15.0 Å². The fraction of sp³-hybridized carbons (Fsp3) is 0.0217. The Labute approximate surface area is 288 Å². The molecule has 0 amide bonds. The highest BCUT2D eigenvalue weighted by molar-refractivity contribution is 6.09. The van der Waals surface area contributed by atoms with E-state index in [4.69, 9.17) is 19.4 Å². The molecule has 4 heteroatoms. The summed E-state index contributed by atoms with van der Waals surface area (Å²) in [5.41, 5.74) is 13.8. The minimum absolute atomic E-state index is 0.534. The van der Waals surface area contributed by atoms with E-state index in [9.17, 15) is 0 Å². The van der Waals surface area contributed by atoms with Crippen molar-refractivity contribution in [1.29, 1.82) is 0 Å². The first-order chi connectivity index (χ1) is 24.8.